The van der Waals surface area contributed by atoms with E-state index in [1.54, 1.807) is 6.07 Å². The lowest BCUT2D eigenvalue weighted by Gasteiger charge is -2.44. The van der Waals surface area contributed by atoms with Crippen LogP contribution in [0.15, 0.2) is 12.1 Å². The summed E-state index contributed by atoms with van der Waals surface area (Å²) in [7, 11) is 0. The summed E-state index contributed by atoms with van der Waals surface area (Å²) in [6.45, 7) is 1.34. The van der Waals surface area contributed by atoms with E-state index in [9.17, 15) is 9.59 Å². The number of hydrogen-bond donors (Lipinski definition) is 0. The number of hydrogen-bond acceptors (Lipinski definition) is 5. The Bertz CT molecular complexity index is 735. The molecule has 0 spiro atoms. The minimum Gasteiger partial charge on any atom is -0.486 e. The van der Waals surface area contributed by atoms with Gasteiger partial charge in [0.2, 0.25) is 0 Å². The Kier molecular flexibility index (Phi) is 5.43. The predicted molar refractivity (Wildman–Crippen MR) is 99.4 cm³/mol. The molecule has 1 aromatic rings. The number of fused-ring (bicyclic) bond motifs is 2. The van der Waals surface area contributed by atoms with Gasteiger partial charge in [-0.25, -0.2) is 4.79 Å². The summed E-state index contributed by atoms with van der Waals surface area (Å²) in [5, 5.41) is 0.298. The van der Waals surface area contributed by atoms with Crippen LogP contribution in [0.25, 0.3) is 0 Å². The number of benzene rings is 1. The third-order valence-electron chi connectivity index (χ3n) is 5.72. The van der Waals surface area contributed by atoms with Crippen molar-refractivity contribution >= 4 is 23.5 Å². The molecule has 2 heterocycles. The molecule has 146 valence electrons. The van der Waals surface area contributed by atoms with E-state index in [-0.39, 0.29) is 18.1 Å². The van der Waals surface area contributed by atoms with Crippen LogP contribution in [-0.4, -0.2) is 49.2 Å². The molecule has 0 unspecified atom stereocenters. The van der Waals surface area contributed by atoms with Crippen molar-refractivity contribution in [1.29, 1.82) is 0 Å². The van der Waals surface area contributed by atoms with E-state index in [4.69, 9.17) is 25.8 Å². The maximum atomic E-state index is 12.7. The van der Waals surface area contributed by atoms with Gasteiger partial charge in [-0.3, -0.25) is 4.79 Å². The molecule has 2 aliphatic heterocycles. The lowest BCUT2D eigenvalue weighted by Crippen LogP contribution is -2.50. The molecule has 0 aromatic heterocycles. The average Bonchev–Trinajstić information content (AvgIpc) is 2.71. The van der Waals surface area contributed by atoms with Gasteiger partial charge in [0, 0.05) is 12.6 Å². The highest BCUT2D eigenvalue weighted by Crippen LogP contribution is 2.38. The number of rotatable bonds is 3. The quantitative estimate of drug-likeness (QED) is 0.736. The molecule has 27 heavy (non-hydrogen) atoms. The minimum atomic E-state index is -0.584. The van der Waals surface area contributed by atoms with E-state index in [2.05, 4.69) is 0 Å². The van der Waals surface area contributed by atoms with Crippen molar-refractivity contribution in [3.63, 3.8) is 0 Å². The zero-order valence-corrected chi connectivity index (χ0v) is 16.0. The topological polar surface area (TPSA) is 65.1 Å². The second kappa shape index (κ2) is 7.97. The van der Waals surface area contributed by atoms with Crippen molar-refractivity contribution in [2.75, 3.05) is 26.4 Å². The summed E-state index contributed by atoms with van der Waals surface area (Å²) in [4.78, 5) is 27.0. The van der Waals surface area contributed by atoms with Crippen molar-refractivity contribution in [3.8, 4) is 11.5 Å². The second-order valence-electron chi connectivity index (χ2n) is 7.40. The number of nitrogens with zero attached hydrogens (tertiary/aromatic N) is 1. The van der Waals surface area contributed by atoms with Gasteiger partial charge in [-0.1, -0.05) is 24.4 Å². The molecule has 1 aliphatic carbocycles. The third kappa shape index (κ3) is 3.86. The number of piperidine rings is 1. The van der Waals surface area contributed by atoms with Crippen LogP contribution >= 0.6 is 11.6 Å². The third-order valence-corrected chi connectivity index (χ3v) is 6.00. The number of carbonyl (C=O) groups is 2. The van der Waals surface area contributed by atoms with Crippen LogP contribution in [-0.2, 0) is 9.53 Å². The normalized spacial score (nSPS) is 24.1. The zero-order valence-electron chi connectivity index (χ0n) is 15.2. The van der Waals surface area contributed by atoms with Gasteiger partial charge in [0.25, 0.3) is 5.91 Å². The van der Waals surface area contributed by atoms with Crippen molar-refractivity contribution in [3.05, 3.63) is 22.7 Å². The summed E-state index contributed by atoms with van der Waals surface area (Å²) in [6.07, 6.45) is 6.90. The maximum Gasteiger partial charge on any atom is 0.338 e. The molecule has 7 heteroatoms. The van der Waals surface area contributed by atoms with Crippen molar-refractivity contribution in [1.82, 2.24) is 4.90 Å². The number of likely N-dealkylation sites (tertiary alicyclic amines) is 1. The van der Waals surface area contributed by atoms with Gasteiger partial charge in [0.15, 0.2) is 18.1 Å². The van der Waals surface area contributed by atoms with Crippen LogP contribution in [0.4, 0.5) is 0 Å². The number of carbonyl (C=O) groups excluding carboxylic acids is 2. The fourth-order valence-corrected chi connectivity index (χ4v) is 4.72. The summed E-state index contributed by atoms with van der Waals surface area (Å²) in [6, 6.07) is 3.34. The van der Waals surface area contributed by atoms with Gasteiger partial charge in [-0.05, 0) is 43.7 Å². The number of halogens is 1. The fraction of sp³-hybridized carbons (Fsp3) is 0.600. The lowest BCUT2D eigenvalue weighted by molar-refractivity contribution is -0.140. The fourth-order valence-electron chi connectivity index (χ4n) is 4.46. The monoisotopic (exact) mass is 393 g/mol. The Morgan fingerprint density at radius 1 is 1.11 bits per heavy atom. The average molecular weight is 394 g/mol. The molecule has 1 amide bonds. The van der Waals surface area contributed by atoms with Gasteiger partial charge in [0.1, 0.15) is 13.2 Å². The molecular weight excluding hydrogens is 370 g/mol. The molecule has 1 aromatic carbocycles. The zero-order chi connectivity index (χ0) is 18.8. The molecule has 1 saturated carbocycles. The highest BCUT2D eigenvalue weighted by Gasteiger charge is 2.35. The summed E-state index contributed by atoms with van der Waals surface area (Å²) < 4.78 is 16.2. The van der Waals surface area contributed by atoms with Crippen LogP contribution in [0.2, 0.25) is 5.02 Å². The van der Waals surface area contributed by atoms with Crippen molar-refractivity contribution < 1.29 is 23.8 Å². The molecule has 0 bridgehead atoms. The highest BCUT2D eigenvalue weighted by molar-refractivity contribution is 6.32. The SMILES string of the molecule is O=C(OCC(=O)N1CCC[C@H]2CCCC[C@H]21)c1cc(Cl)c2c(c1)OCCO2. The van der Waals surface area contributed by atoms with Crippen LogP contribution in [0.5, 0.6) is 11.5 Å². The molecule has 4 rings (SSSR count). The first-order valence-electron chi connectivity index (χ1n) is 9.69. The molecule has 1 saturated heterocycles. The second-order valence-corrected chi connectivity index (χ2v) is 7.81. The van der Waals surface area contributed by atoms with E-state index in [1.807, 2.05) is 4.90 Å². The van der Waals surface area contributed by atoms with Crippen molar-refractivity contribution in [2.45, 2.75) is 44.6 Å². The van der Waals surface area contributed by atoms with Gasteiger partial charge >= 0.3 is 5.97 Å². The summed E-state index contributed by atoms with van der Waals surface area (Å²) in [5.41, 5.74) is 0.256. The Morgan fingerprint density at radius 2 is 1.89 bits per heavy atom. The number of amides is 1. The number of esters is 1. The molecule has 2 atom stereocenters. The van der Waals surface area contributed by atoms with Gasteiger partial charge in [-0.2, -0.15) is 0 Å². The molecule has 0 radical (unpaired) electrons. The van der Waals surface area contributed by atoms with E-state index in [0.717, 1.165) is 19.4 Å². The minimum absolute atomic E-state index is 0.108. The first-order valence-corrected chi connectivity index (χ1v) is 10.1. The van der Waals surface area contributed by atoms with Crippen molar-refractivity contribution in [2.24, 2.45) is 5.92 Å². The van der Waals surface area contributed by atoms with Crippen LogP contribution in [0, 0.1) is 5.92 Å². The number of ether oxygens (including phenoxy) is 3. The molecule has 6 nitrogen and oxygen atoms in total. The lowest BCUT2D eigenvalue weighted by atomic mass is 9.78. The predicted octanol–water partition coefficient (Wildman–Crippen LogP) is 3.45. The Labute approximate surface area is 163 Å². The largest absolute Gasteiger partial charge is 0.486 e. The molecule has 2 fully saturated rings. The van der Waals surface area contributed by atoms with Gasteiger partial charge in [0.05, 0.1) is 10.6 Å². The Balaban J connectivity index is 1.39. The highest BCUT2D eigenvalue weighted by atomic mass is 35.5. The molecule has 0 N–H and O–H groups in total. The van der Waals surface area contributed by atoms with Crippen LogP contribution in [0.3, 0.4) is 0 Å². The molecule has 3 aliphatic rings. The van der Waals surface area contributed by atoms with E-state index < -0.39 is 5.97 Å². The Hall–Kier alpha value is -1.95. The van der Waals surface area contributed by atoms with Crippen LogP contribution in [0.1, 0.15) is 48.9 Å². The van der Waals surface area contributed by atoms with E-state index in [0.29, 0.717) is 41.7 Å². The van der Waals surface area contributed by atoms with Crippen LogP contribution < -0.4 is 9.47 Å². The van der Waals surface area contributed by atoms with Gasteiger partial charge in [-0.15, -0.1) is 0 Å². The standard InChI is InChI=1S/C20H24ClNO5/c21-15-10-14(11-17-19(15)26-9-8-25-17)20(24)27-12-18(23)22-7-3-5-13-4-1-2-6-16(13)22/h10-11,13,16H,1-9,12H2/t13-,16-/m1/s1. The van der Waals surface area contributed by atoms with E-state index >= 15 is 0 Å². The maximum absolute atomic E-state index is 12.7. The van der Waals surface area contributed by atoms with Gasteiger partial charge < -0.3 is 19.1 Å². The smallest absolute Gasteiger partial charge is 0.338 e. The first-order chi connectivity index (χ1) is 13.1. The summed E-state index contributed by atoms with van der Waals surface area (Å²) >= 11 is 6.16. The van der Waals surface area contributed by atoms with E-state index in [1.165, 1.54) is 31.7 Å². The first kappa shape index (κ1) is 18.4. The summed E-state index contributed by atoms with van der Waals surface area (Å²) in [5.74, 6) is 0.770. The Morgan fingerprint density at radius 3 is 2.78 bits per heavy atom. The molecular formula is C20H24ClNO5.